The Morgan fingerprint density at radius 3 is 2.68 bits per heavy atom. The third-order valence-electron chi connectivity index (χ3n) is 3.21. The van der Waals surface area contributed by atoms with Crippen molar-refractivity contribution in [3.05, 3.63) is 23.8 Å². The molecule has 0 aliphatic carbocycles. The Hall–Kier alpha value is -1.92. The van der Waals surface area contributed by atoms with Gasteiger partial charge in [-0.1, -0.05) is 0 Å². The molecule has 3 N–H and O–H groups in total. The molecule has 7 heteroatoms. The summed E-state index contributed by atoms with van der Waals surface area (Å²) < 4.78 is 38.3. The maximum Gasteiger partial charge on any atom is 0.418 e. The molecule has 1 aromatic carbocycles. The Bertz CT molecular complexity index is 502. The van der Waals surface area contributed by atoms with Crippen molar-refractivity contribution in [1.29, 1.82) is 0 Å². The van der Waals surface area contributed by atoms with E-state index in [4.69, 9.17) is 10.8 Å². The molecular weight excluding hydrogens is 261 g/mol. The van der Waals surface area contributed by atoms with Gasteiger partial charge in [-0.2, -0.15) is 13.2 Å². The van der Waals surface area contributed by atoms with Crippen LogP contribution >= 0.6 is 0 Å². The predicted octanol–water partition coefficient (Wildman–Crippen LogP) is 2.34. The summed E-state index contributed by atoms with van der Waals surface area (Å²) in [5, 5.41) is 9.04. The van der Waals surface area contributed by atoms with E-state index in [2.05, 4.69) is 0 Å². The smallest absolute Gasteiger partial charge is 0.418 e. The van der Waals surface area contributed by atoms with Gasteiger partial charge >= 0.3 is 12.1 Å². The summed E-state index contributed by atoms with van der Waals surface area (Å²) in [6, 6.07) is 2.72. The molecule has 1 atom stereocenters. The zero-order valence-corrected chi connectivity index (χ0v) is 9.94. The van der Waals surface area contributed by atoms with Crippen molar-refractivity contribution in [2.75, 3.05) is 17.2 Å². The standard InChI is InChI=1S/C12H13F3N2O2/c13-12(14,15)8-6-7(3-4-9(8)16)17-5-1-2-10(17)11(18)19/h3-4,6,10H,1-2,5,16H2,(H,18,19). The van der Waals surface area contributed by atoms with Gasteiger partial charge < -0.3 is 15.7 Å². The first-order valence-electron chi connectivity index (χ1n) is 5.77. The van der Waals surface area contributed by atoms with Crippen LogP contribution in [0.4, 0.5) is 24.5 Å². The van der Waals surface area contributed by atoms with Crippen LogP contribution in [0.15, 0.2) is 18.2 Å². The molecule has 2 rings (SSSR count). The van der Waals surface area contributed by atoms with Crippen molar-refractivity contribution in [2.45, 2.75) is 25.1 Å². The molecule has 0 radical (unpaired) electrons. The molecule has 4 nitrogen and oxygen atoms in total. The first-order valence-corrected chi connectivity index (χ1v) is 5.77. The van der Waals surface area contributed by atoms with Crippen LogP contribution in [-0.2, 0) is 11.0 Å². The van der Waals surface area contributed by atoms with E-state index < -0.39 is 23.8 Å². The largest absolute Gasteiger partial charge is 0.480 e. The van der Waals surface area contributed by atoms with E-state index >= 15 is 0 Å². The van der Waals surface area contributed by atoms with Gasteiger partial charge in [0.15, 0.2) is 0 Å². The van der Waals surface area contributed by atoms with Gasteiger partial charge in [-0.15, -0.1) is 0 Å². The van der Waals surface area contributed by atoms with Crippen molar-refractivity contribution in [1.82, 2.24) is 0 Å². The highest BCUT2D eigenvalue weighted by molar-refractivity contribution is 5.79. The SMILES string of the molecule is Nc1ccc(N2CCCC2C(=O)O)cc1C(F)(F)F. The van der Waals surface area contributed by atoms with Crippen molar-refractivity contribution in [2.24, 2.45) is 0 Å². The molecule has 0 saturated carbocycles. The number of carbonyl (C=O) groups is 1. The van der Waals surface area contributed by atoms with Crippen LogP contribution in [0.2, 0.25) is 0 Å². The van der Waals surface area contributed by atoms with Gasteiger partial charge in [0.2, 0.25) is 0 Å². The number of hydrogen-bond donors (Lipinski definition) is 2. The number of nitrogen functional groups attached to an aromatic ring is 1. The van der Waals surface area contributed by atoms with Crippen LogP contribution in [0.1, 0.15) is 18.4 Å². The highest BCUT2D eigenvalue weighted by Crippen LogP contribution is 2.37. The van der Waals surface area contributed by atoms with Crippen LogP contribution in [0, 0.1) is 0 Å². The molecule has 1 fully saturated rings. The maximum atomic E-state index is 12.8. The highest BCUT2D eigenvalue weighted by atomic mass is 19.4. The second-order valence-electron chi connectivity index (χ2n) is 4.46. The molecule has 1 aliphatic heterocycles. The fourth-order valence-electron chi connectivity index (χ4n) is 2.30. The number of rotatable bonds is 2. The van der Waals surface area contributed by atoms with Crippen LogP contribution < -0.4 is 10.6 Å². The molecule has 1 aliphatic rings. The predicted molar refractivity (Wildman–Crippen MR) is 63.9 cm³/mol. The number of carboxylic acid groups (broad SMARTS) is 1. The summed E-state index contributed by atoms with van der Waals surface area (Å²) in [5.41, 5.74) is 4.27. The summed E-state index contributed by atoms with van der Waals surface area (Å²) in [4.78, 5) is 12.5. The Balaban J connectivity index is 2.38. The van der Waals surface area contributed by atoms with Gasteiger partial charge in [0.25, 0.3) is 0 Å². The van der Waals surface area contributed by atoms with E-state index in [9.17, 15) is 18.0 Å². The number of nitrogens with two attached hydrogens (primary N) is 1. The molecule has 0 spiro atoms. The van der Waals surface area contributed by atoms with Crippen molar-refractivity contribution in [3.8, 4) is 0 Å². The number of anilines is 2. The third kappa shape index (κ3) is 2.59. The summed E-state index contributed by atoms with van der Waals surface area (Å²) in [5.74, 6) is -1.03. The topological polar surface area (TPSA) is 66.6 Å². The molecule has 104 valence electrons. The Morgan fingerprint density at radius 1 is 1.42 bits per heavy atom. The first kappa shape index (κ1) is 13.5. The first-order chi connectivity index (χ1) is 8.80. The second kappa shape index (κ2) is 4.64. The van der Waals surface area contributed by atoms with Gasteiger partial charge in [-0.3, -0.25) is 0 Å². The second-order valence-corrected chi connectivity index (χ2v) is 4.46. The van der Waals surface area contributed by atoms with E-state index in [-0.39, 0.29) is 11.4 Å². The maximum absolute atomic E-state index is 12.8. The van der Waals surface area contributed by atoms with Gasteiger partial charge in [-0.05, 0) is 31.0 Å². The van der Waals surface area contributed by atoms with Crippen LogP contribution in [0.25, 0.3) is 0 Å². The number of hydrogen-bond acceptors (Lipinski definition) is 3. The molecule has 1 unspecified atom stereocenters. The fourth-order valence-corrected chi connectivity index (χ4v) is 2.30. The molecule has 1 saturated heterocycles. The zero-order chi connectivity index (χ0) is 14.2. The molecule has 1 aromatic rings. The number of alkyl halides is 3. The summed E-state index contributed by atoms with van der Waals surface area (Å²) in [6.45, 7) is 0.429. The number of halogens is 3. The summed E-state index contributed by atoms with van der Waals surface area (Å²) in [7, 11) is 0. The van der Waals surface area contributed by atoms with E-state index in [0.717, 1.165) is 12.1 Å². The van der Waals surface area contributed by atoms with E-state index in [1.54, 1.807) is 0 Å². The van der Waals surface area contributed by atoms with Gasteiger partial charge in [0.1, 0.15) is 6.04 Å². The number of nitrogens with zero attached hydrogens (tertiary/aromatic N) is 1. The fraction of sp³-hybridized carbons (Fsp3) is 0.417. The van der Waals surface area contributed by atoms with E-state index in [1.165, 1.54) is 11.0 Å². The normalized spacial score (nSPS) is 19.7. The quantitative estimate of drug-likeness (QED) is 0.812. The van der Waals surface area contributed by atoms with Crippen molar-refractivity contribution >= 4 is 17.3 Å². The van der Waals surface area contributed by atoms with Crippen LogP contribution in [0.3, 0.4) is 0 Å². The lowest BCUT2D eigenvalue weighted by Gasteiger charge is -2.25. The van der Waals surface area contributed by atoms with Crippen LogP contribution in [0.5, 0.6) is 0 Å². The number of benzene rings is 1. The zero-order valence-electron chi connectivity index (χ0n) is 9.94. The Kier molecular flexibility index (Phi) is 3.30. The number of aliphatic carboxylic acids is 1. The monoisotopic (exact) mass is 274 g/mol. The van der Waals surface area contributed by atoms with E-state index in [1.807, 2.05) is 0 Å². The number of carboxylic acids is 1. The Labute approximate surface area is 107 Å². The third-order valence-corrected chi connectivity index (χ3v) is 3.21. The van der Waals surface area contributed by atoms with Gasteiger partial charge in [0, 0.05) is 17.9 Å². The average Bonchev–Trinajstić information content (AvgIpc) is 2.77. The minimum atomic E-state index is -4.54. The lowest BCUT2D eigenvalue weighted by atomic mass is 10.1. The van der Waals surface area contributed by atoms with Gasteiger partial charge in [0.05, 0.1) is 5.56 Å². The highest BCUT2D eigenvalue weighted by Gasteiger charge is 2.35. The summed E-state index contributed by atoms with van der Waals surface area (Å²) in [6.07, 6.45) is -3.47. The van der Waals surface area contributed by atoms with Crippen LogP contribution in [-0.4, -0.2) is 23.7 Å². The van der Waals surface area contributed by atoms with Crippen molar-refractivity contribution in [3.63, 3.8) is 0 Å². The Morgan fingerprint density at radius 2 is 2.11 bits per heavy atom. The average molecular weight is 274 g/mol. The van der Waals surface area contributed by atoms with Gasteiger partial charge in [-0.25, -0.2) is 4.79 Å². The molecular formula is C12H13F3N2O2. The lowest BCUT2D eigenvalue weighted by molar-refractivity contribution is -0.138. The molecule has 0 aromatic heterocycles. The van der Waals surface area contributed by atoms with E-state index in [0.29, 0.717) is 19.4 Å². The molecule has 0 bridgehead atoms. The molecule has 1 heterocycles. The minimum Gasteiger partial charge on any atom is -0.480 e. The summed E-state index contributed by atoms with van der Waals surface area (Å²) >= 11 is 0. The lowest BCUT2D eigenvalue weighted by Crippen LogP contribution is -2.36. The van der Waals surface area contributed by atoms with Crippen molar-refractivity contribution < 1.29 is 23.1 Å². The molecule has 19 heavy (non-hydrogen) atoms. The molecule has 0 amide bonds. The minimum absolute atomic E-state index is 0.242.